The predicted octanol–water partition coefficient (Wildman–Crippen LogP) is 2.81. The zero-order valence-corrected chi connectivity index (χ0v) is 11.8. The maximum atomic E-state index is 5.52. The van der Waals surface area contributed by atoms with E-state index in [9.17, 15) is 0 Å². The first-order valence-electron chi connectivity index (χ1n) is 7.61. The standard InChI is InChI=1S/C16H24N2O/c1-2-19-14-9-7-13(8-10-14)18-12-11-17-15-5-3-4-6-16(15)18/h7-10,15-17H,2-6,11-12H2,1H3/t15-,16-/m1/s1. The van der Waals surface area contributed by atoms with E-state index < -0.39 is 0 Å². The van der Waals surface area contributed by atoms with E-state index in [-0.39, 0.29) is 0 Å². The summed E-state index contributed by atoms with van der Waals surface area (Å²) in [6.45, 7) is 4.98. The number of hydrogen-bond donors (Lipinski definition) is 1. The number of nitrogens with zero attached hydrogens (tertiary/aromatic N) is 1. The first kappa shape index (κ1) is 12.8. The molecule has 0 unspecified atom stereocenters. The molecule has 0 bridgehead atoms. The Balaban J connectivity index is 1.75. The molecule has 3 heteroatoms. The van der Waals surface area contributed by atoms with Gasteiger partial charge in [0.05, 0.1) is 6.61 Å². The van der Waals surface area contributed by atoms with E-state index in [4.69, 9.17) is 4.74 Å². The lowest BCUT2D eigenvalue weighted by molar-refractivity contribution is 0.284. The van der Waals surface area contributed by atoms with Gasteiger partial charge in [0.2, 0.25) is 0 Å². The van der Waals surface area contributed by atoms with Gasteiger partial charge in [-0.2, -0.15) is 0 Å². The summed E-state index contributed by atoms with van der Waals surface area (Å²) in [6.07, 6.45) is 5.41. The molecule has 2 aliphatic rings. The highest BCUT2D eigenvalue weighted by molar-refractivity contribution is 5.51. The van der Waals surface area contributed by atoms with Crippen molar-refractivity contribution in [1.82, 2.24) is 5.32 Å². The van der Waals surface area contributed by atoms with E-state index in [0.29, 0.717) is 12.1 Å². The molecule has 2 fully saturated rings. The molecule has 104 valence electrons. The molecule has 2 atom stereocenters. The van der Waals surface area contributed by atoms with Gasteiger partial charge in [-0.05, 0) is 44.0 Å². The number of rotatable bonds is 3. The van der Waals surface area contributed by atoms with Gasteiger partial charge < -0.3 is 15.0 Å². The molecular weight excluding hydrogens is 236 g/mol. The average molecular weight is 260 g/mol. The lowest BCUT2D eigenvalue weighted by Gasteiger charge is -2.46. The monoisotopic (exact) mass is 260 g/mol. The van der Waals surface area contributed by atoms with Crippen LogP contribution in [0.1, 0.15) is 32.6 Å². The van der Waals surface area contributed by atoms with Crippen molar-refractivity contribution in [3.8, 4) is 5.75 Å². The maximum Gasteiger partial charge on any atom is 0.119 e. The van der Waals surface area contributed by atoms with E-state index in [1.807, 2.05) is 6.92 Å². The minimum absolute atomic E-state index is 0.681. The Morgan fingerprint density at radius 2 is 2.00 bits per heavy atom. The highest BCUT2D eigenvalue weighted by Gasteiger charge is 2.32. The van der Waals surface area contributed by atoms with Gasteiger partial charge in [-0.3, -0.25) is 0 Å². The third-order valence-corrected chi connectivity index (χ3v) is 4.37. The first-order valence-corrected chi connectivity index (χ1v) is 7.61. The van der Waals surface area contributed by atoms with Gasteiger partial charge in [0.1, 0.15) is 5.75 Å². The second-order valence-corrected chi connectivity index (χ2v) is 5.53. The summed E-state index contributed by atoms with van der Waals surface area (Å²) in [4.78, 5) is 2.59. The van der Waals surface area contributed by atoms with Crippen molar-refractivity contribution in [3.05, 3.63) is 24.3 Å². The molecule has 1 saturated heterocycles. The zero-order valence-electron chi connectivity index (χ0n) is 11.8. The van der Waals surface area contributed by atoms with Gasteiger partial charge in [0.25, 0.3) is 0 Å². The SMILES string of the molecule is CCOc1ccc(N2CCN[C@@H]3CCCC[C@H]32)cc1. The van der Waals surface area contributed by atoms with Gasteiger partial charge >= 0.3 is 0 Å². The van der Waals surface area contributed by atoms with E-state index in [1.165, 1.54) is 31.4 Å². The molecule has 0 amide bonds. The van der Waals surface area contributed by atoms with Crippen LogP contribution in [-0.2, 0) is 0 Å². The summed E-state index contributed by atoms with van der Waals surface area (Å²) in [5.41, 5.74) is 1.35. The summed E-state index contributed by atoms with van der Waals surface area (Å²) in [7, 11) is 0. The molecule has 1 aromatic carbocycles. The van der Waals surface area contributed by atoms with Crippen LogP contribution >= 0.6 is 0 Å². The van der Waals surface area contributed by atoms with Gasteiger partial charge in [-0.1, -0.05) is 12.8 Å². The fraction of sp³-hybridized carbons (Fsp3) is 0.625. The van der Waals surface area contributed by atoms with Gasteiger partial charge in [-0.25, -0.2) is 0 Å². The summed E-state index contributed by atoms with van der Waals surface area (Å²) in [5, 5.41) is 3.69. The molecule has 1 aliphatic heterocycles. The van der Waals surface area contributed by atoms with Gasteiger partial charge in [0.15, 0.2) is 0 Å². The highest BCUT2D eigenvalue weighted by Crippen LogP contribution is 2.30. The number of benzene rings is 1. The van der Waals surface area contributed by atoms with E-state index >= 15 is 0 Å². The largest absolute Gasteiger partial charge is 0.494 e. The van der Waals surface area contributed by atoms with E-state index in [2.05, 4.69) is 34.5 Å². The summed E-state index contributed by atoms with van der Waals surface area (Å²) < 4.78 is 5.52. The summed E-state index contributed by atoms with van der Waals surface area (Å²) in [6, 6.07) is 9.98. The number of ether oxygens (including phenoxy) is 1. The van der Waals surface area contributed by atoms with Crippen LogP contribution in [0.4, 0.5) is 5.69 Å². The van der Waals surface area contributed by atoms with Crippen molar-refractivity contribution < 1.29 is 4.74 Å². The van der Waals surface area contributed by atoms with Crippen LogP contribution in [-0.4, -0.2) is 31.8 Å². The molecule has 3 rings (SSSR count). The molecule has 1 aromatic rings. The highest BCUT2D eigenvalue weighted by atomic mass is 16.5. The number of anilines is 1. The van der Waals surface area contributed by atoms with Crippen LogP contribution in [0.3, 0.4) is 0 Å². The van der Waals surface area contributed by atoms with Crippen molar-refractivity contribution in [1.29, 1.82) is 0 Å². The van der Waals surface area contributed by atoms with Crippen LogP contribution in [0.25, 0.3) is 0 Å². The topological polar surface area (TPSA) is 24.5 Å². The third kappa shape index (κ3) is 2.71. The smallest absolute Gasteiger partial charge is 0.119 e. The van der Waals surface area contributed by atoms with Crippen LogP contribution in [0.5, 0.6) is 5.75 Å². The van der Waals surface area contributed by atoms with Gasteiger partial charge in [-0.15, -0.1) is 0 Å². The summed E-state index contributed by atoms with van der Waals surface area (Å²) in [5.74, 6) is 0.974. The fourth-order valence-electron chi connectivity index (χ4n) is 3.48. The molecule has 1 saturated carbocycles. The Hall–Kier alpha value is -1.22. The number of nitrogens with one attached hydrogen (secondary N) is 1. The van der Waals surface area contributed by atoms with Crippen molar-refractivity contribution in [3.63, 3.8) is 0 Å². The molecule has 19 heavy (non-hydrogen) atoms. The quantitative estimate of drug-likeness (QED) is 0.904. The van der Waals surface area contributed by atoms with Crippen LogP contribution in [0.2, 0.25) is 0 Å². The Kier molecular flexibility index (Phi) is 3.92. The number of fused-ring (bicyclic) bond motifs is 1. The minimum Gasteiger partial charge on any atom is -0.494 e. The maximum absolute atomic E-state index is 5.52. The number of piperazine rings is 1. The first-order chi connectivity index (χ1) is 9.38. The normalized spacial score (nSPS) is 26.9. The molecule has 1 N–H and O–H groups in total. The van der Waals surface area contributed by atoms with Gasteiger partial charge in [0, 0.05) is 30.9 Å². The second-order valence-electron chi connectivity index (χ2n) is 5.53. The van der Waals surface area contributed by atoms with Crippen molar-refractivity contribution in [2.24, 2.45) is 0 Å². The Labute approximate surface area is 115 Å². The number of hydrogen-bond acceptors (Lipinski definition) is 3. The Bertz CT molecular complexity index is 402. The van der Waals surface area contributed by atoms with Crippen molar-refractivity contribution in [2.45, 2.75) is 44.7 Å². The van der Waals surface area contributed by atoms with Crippen LogP contribution in [0.15, 0.2) is 24.3 Å². The average Bonchev–Trinajstić information content (AvgIpc) is 2.48. The molecule has 0 spiro atoms. The lowest BCUT2D eigenvalue weighted by Crippen LogP contribution is -2.59. The van der Waals surface area contributed by atoms with Crippen molar-refractivity contribution in [2.75, 3.05) is 24.6 Å². The second kappa shape index (κ2) is 5.83. The predicted molar refractivity (Wildman–Crippen MR) is 79.0 cm³/mol. The molecule has 1 heterocycles. The zero-order chi connectivity index (χ0) is 13.1. The Morgan fingerprint density at radius 3 is 2.79 bits per heavy atom. The molecule has 1 aliphatic carbocycles. The van der Waals surface area contributed by atoms with E-state index in [1.54, 1.807) is 0 Å². The molecular formula is C16H24N2O. The van der Waals surface area contributed by atoms with E-state index in [0.717, 1.165) is 25.4 Å². The fourth-order valence-corrected chi connectivity index (χ4v) is 3.48. The molecule has 0 radical (unpaired) electrons. The molecule has 0 aromatic heterocycles. The van der Waals surface area contributed by atoms with Crippen LogP contribution in [0, 0.1) is 0 Å². The minimum atomic E-state index is 0.681. The summed E-state index contributed by atoms with van der Waals surface area (Å²) >= 11 is 0. The Morgan fingerprint density at radius 1 is 1.21 bits per heavy atom. The van der Waals surface area contributed by atoms with Crippen molar-refractivity contribution >= 4 is 5.69 Å². The third-order valence-electron chi connectivity index (χ3n) is 4.37. The van der Waals surface area contributed by atoms with Crippen LogP contribution < -0.4 is 15.0 Å². The molecule has 3 nitrogen and oxygen atoms in total. The lowest BCUT2D eigenvalue weighted by atomic mass is 9.87.